The predicted molar refractivity (Wildman–Crippen MR) is 55.6 cm³/mol. The molecule has 0 saturated carbocycles. The number of halogens is 1. The van der Waals surface area contributed by atoms with Gasteiger partial charge in [0.05, 0.1) is 0 Å². The summed E-state index contributed by atoms with van der Waals surface area (Å²) in [4.78, 5) is 0. The lowest BCUT2D eigenvalue weighted by Crippen LogP contribution is -2.12. The van der Waals surface area contributed by atoms with Crippen LogP contribution in [0.4, 0.5) is 4.39 Å². The van der Waals surface area contributed by atoms with E-state index >= 15 is 0 Å². The number of nitrogens with two attached hydrogens (primary N) is 1. The van der Waals surface area contributed by atoms with E-state index in [1.165, 1.54) is 5.56 Å². The third kappa shape index (κ3) is 1.44. The number of benzene rings is 1. The average molecular weight is 193 g/mol. The third-order valence-corrected chi connectivity index (χ3v) is 3.08. The first-order chi connectivity index (χ1) is 6.74. The van der Waals surface area contributed by atoms with Gasteiger partial charge in [-0.05, 0) is 36.8 Å². The molecule has 0 bridgehead atoms. The number of fused-ring (bicyclic) bond motifs is 1. The fraction of sp³-hybridized carbons (Fsp3) is 0.500. The van der Waals surface area contributed by atoms with Crippen LogP contribution in [0.1, 0.15) is 42.5 Å². The Morgan fingerprint density at radius 1 is 1.43 bits per heavy atom. The SMILES string of the molecule is CC[C@H](N)c1ccc2c(c1F)CCC2. The minimum absolute atomic E-state index is 0.0469. The lowest BCUT2D eigenvalue weighted by atomic mass is 9.99. The Labute approximate surface area is 84.1 Å². The topological polar surface area (TPSA) is 26.0 Å². The van der Waals surface area contributed by atoms with Gasteiger partial charge in [-0.2, -0.15) is 0 Å². The molecular weight excluding hydrogens is 177 g/mol. The lowest BCUT2D eigenvalue weighted by Gasteiger charge is -2.13. The van der Waals surface area contributed by atoms with Crippen LogP contribution in [0.5, 0.6) is 0 Å². The molecule has 0 radical (unpaired) electrons. The molecule has 1 atom stereocenters. The zero-order chi connectivity index (χ0) is 10.1. The largest absolute Gasteiger partial charge is 0.324 e. The van der Waals surface area contributed by atoms with E-state index in [1.807, 2.05) is 19.1 Å². The molecule has 0 unspecified atom stereocenters. The van der Waals surface area contributed by atoms with Gasteiger partial charge in [0.25, 0.3) is 0 Å². The van der Waals surface area contributed by atoms with E-state index in [0.29, 0.717) is 5.56 Å². The zero-order valence-corrected chi connectivity index (χ0v) is 8.52. The minimum Gasteiger partial charge on any atom is -0.324 e. The summed E-state index contributed by atoms with van der Waals surface area (Å²) in [6.07, 6.45) is 3.77. The number of rotatable bonds is 2. The molecule has 1 aromatic rings. The van der Waals surface area contributed by atoms with Crippen molar-refractivity contribution in [1.82, 2.24) is 0 Å². The van der Waals surface area contributed by atoms with Gasteiger partial charge in [0.15, 0.2) is 0 Å². The minimum atomic E-state index is -0.152. The summed E-state index contributed by atoms with van der Waals surface area (Å²) in [5, 5.41) is 0. The van der Waals surface area contributed by atoms with Gasteiger partial charge in [0.2, 0.25) is 0 Å². The first-order valence-electron chi connectivity index (χ1n) is 5.29. The Hall–Kier alpha value is -0.890. The van der Waals surface area contributed by atoms with Gasteiger partial charge in [-0.25, -0.2) is 4.39 Å². The van der Waals surface area contributed by atoms with Gasteiger partial charge in [0, 0.05) is 11.6 Å². The van der Waals surface area contributed by atoms with Crippen LogP contribution in [0, 0.1) is 5.82 Å². The summed E-state index contributed by atoms with van der Waals surface area (Å²) < 4.78 is 13.9. The van der Waals surface area contributed by atoms with Crippen LogP contribution >= 0.6 is 0 Å². The van der Waals surface area contributed by atoms with Gasteiger partial charge in [-0.3, -0.25) is 0 Å². The smallest absolute Gasteiger partial charge is 0.131 e. The van der Waals surface area contributed by atoms with E-state index in [0.717, 1.165) is 31.2 Å². The second-order valence-corrected chi connectivity index (χ2v) is 3.97. The first-order valence-corrected chi connectivity index (χ1v) is 5.29. The third-order valence-electron chi connectivity index (χ3n) is 3.08. The molecule has 0 heterocycles. The molecular formula is C12H16FN. The van der Waals surface area contributed by atoms with E-state index < -0.39 is 0 Å². The monoisotopic (exact) mass is 193 g/mol. The Balaban J connectivity index is 2.44. The highest BCUT2D eigenvalue weighted by Crippen LogP contribution is 2.29. The molecule has 0 aromatic heterocycles. The Bertz CT molecular complexity index is 346. The maximum atomic E-state index is 13.9. The summed E-state index contributed by atoms with van der Waals surface area (Å²) >= 11 is 0. The van der Waals surface area contributed by atoms with Gasteiger partial charge >= 0.3 is 0 Å². The number of aryl methyl sites for hydroxylation is 1. The van der Waals surface area contributed by atoms with Crippen molar-refractivity contribution in [2.45, 2.75) is 38.6 Å². The Kier molecular flexibility index (Phi) is 2.55. The van der Waals surface area contributed by atoms with Crippen molar-refractivity contribution in [3.8, 4) is 0 Å². The number of hydrogen-bond donors (Lipinski definition) is 1. The summed E-state index contributed by atoms with van der Waals surface area (Å²) in [5.41, 5.74) is 8.62. The van der Waals surface area contributed by atoms with Crippen molar-refractivity contribution in [3.63, 3.8) is 0 Å². The summed E-state index contributed by atoms with van der Waals surface area (Å²) in [6.45, 7) is 1.98. The normalized spacial score (nSPS) is 16.8. The van der Waals surface area contributed by atoms with E-state index in [1.54, 1.807) is 0 Å². The molecule has 2 rings (SSSR count). The summed E-state index contributed by atoms with van der Waals surface area (Å²) in [6, 6.07) is 3.74. The first kappa shape index (κ1) is 9.66. The fourth-order valence-electron chi connectivity index (χ4n) is 2.15. The van der Waals surface area contributed by atoms with Gasteiger partial charge < -0.3 is 5.73 Å². The molecule has 0 aliphatic heterocycles. The maximum Gasteiger partial charge on any atom is 0.131 e. The molecule has 1 aliphatic rings. The Morgan fingerprint density at radius 2 is 2.21 bits per heavy atom. The van der Waals surface area contributed by atoms with E-state index in [-0.39, 0.29) is 11.9 Å². The summed E-state index contributed by atoms with van der Waals surface area (Å²) in [7, 11) is 0. The van der Waals surface area contributed by atoms with Crippen LogP contribution in [0.25, 0.3) is 0 Å². The summed E-state index contributed by atoms with van der Waals surface area (Å²) in [5.74, 6) is -0.0469. The average Bonchev–Trinajstić information content (AvgIpc) is 2.66. The number of hydrogen-bond acceptors (Lipinski definition) is 1. The fourth-order valence-corrected chi connectivity index (χ4v) is 2.15. The highest BCUT2D eigenvalue weighted by molar-refractivity contribution is 5.38. The quantitative estimate of drug-likeness (QED) is 0.767. The molecule has 2 N–H and O–H groups in total. The van der Waals surface area contributed by atoms with Gasteiger partial charge in [0.1, 0.15) is 5.82 Å². The molecule has 0 saturated heterocycles. The maximum absolute atomic E-state index is 13.9. The van der Waals surface area contributed by atoms with Crippen LogP contribution in [-0.2, 0) is 12.8 Å². The van der Waals surface area contributed by atoms with Crippen LogP contribution < -0.4 is 5.73 Å². The van der Waals surface area contributed by atoms with Crippen LogP contribution in [-0.4, -0.2) is 0 Å². The molecule has 0 fully saturated rings. The Morgan fingerprint density at radius 3 is 2.93 bits per heavy atom. The highest BCUT2D eigenvalue weighted by atomic mass is 19.1. The van der Waals surface area contributed by atoms with Crippen molar-refractivity contribution in [2.24, 2.45) is 5.73 Å². The molecule has 1 aliphatic carbocycles. The van der Waals surface area contributed by atoms with Crippen molar-refractivity contribution >= 4 is 0 Å². The second-order valence-electron chi connectivity index (χ2n) is 3.97. The highest BCUT2D eigenvalue weighted by Gasteiger charge is 2.19. The van der Waals surface area contributed by atoms with Crippen molar-refractivity contribution in [2.75, 3.05) is 0 Å². The van der Waals surface area contributed by atoms with Crippen LogP contribution in [0.15, 0.2) is 12.1 Å². The molecule has 0 amide bonds. The van der Waals surface area contributed by atoms with Crippen LogP contribution in [0.2, 0.25) is 0 Å². The van der Waals surface area contributed by atoms with Crippen molar-refractivity contribution in [3.05, 3.63) is 34.6 Å². The molecule has 0 spiro atoms. The molecule has 1 aromatic carbocycles. The van der Waals surface area contributed by atoms with Crippen LogP contribution in [0.3, 0.4) is 0 Å². The molecule has 14 heavy (non-hydrogen) atoms. The van der Waals surface area contributed by atoms with Gasteiger partial charge in [-0.1, -0.05) is 19.1 Å². The molecule has 2 heteroatoms. The van der Waals surface area contributed by atoms with E-state index in [2.05, 4.69) is 0 Å². The zero-order valence-electron chi connectivity index (χ0n) is 8.52. The second kappa shape index (κ2) is 3.70. The van der Waals surface area contributed by atoms with E-state index in [4.69, 9.17) is 5.73 Å². The molecule has 1 nitrogen and oxygen atoms in total. The standard InChI is InChI=1S/C12H16FN/c1-2-11(14)10-7-6-8-4-3-5-9(8)12(10)13/h6-7,11H,2-5,14H2,1H3/t11-/m0/s1. The van der Waals surface area contributed by atoms with E-state index in [9.17, 15) is 4.39 Å². The van der Waals surface area contributed by atoms with Crippen molar-refractivity contribution in [1.29, 1.82) is 0 Å². The van der Waals surface area contributed by atoms with Gasteiger partial charge in [-0.15, -0.1) is 0 Å². The molecule has 76 valence electrons. The van der Waals surface area contributed by atoms with Crippen molar-refractivity contribution < 1.29 is 4.39 Å². The predicted octanol–water partition coefficient (Wildman–Crippen LogP) is 2.72. The lowest BCUT2D eigenvalue weighted by molar-refractivity contribution is 0.564.